The van der Waals surface area contributed by atoms with Crippen LogP contribution in [0.4, 0.5) is 0 Å². The summed E-state index contributed by atoms with van der Waals surface area (Å²) >= 11 is 6.39. The number of carboxylic acids is 1. The summed E-state index contributed by atoms with van der Waals surface area (Å²) in [5.74, 6) is -0.931. The highest BCUT2D eigenvalue weighted by atomic mass is 35.5. The predicted molar refractivity (Wildman–Crippen MR) is 41.1 cm³/mol. The maximum atomic E-state index is 9.91. The van der Waals surface area contributed by atoms with Crippen LogP contribution in [0.5, 0.6) is 0 Å². The van der Waals surface area contributed by atoms with E-state index >= 15 is 0 Å². The molecular formula is C5H7ClO3S. The molecule has 0 saturated carbocycles. The molecule has 2 N–H and O–H groups in total. The van der Waals surface area contributed by atoms with Crippen LogP contribution in [0.2, 0.25) is 0 Å². The minimum absolute atomic E-state index is 0.0315. The van der Waals surface area contributed by atoms with Gasteiger partial charge in [-0.25, -0.2) is 0 Å². The van der Waals surface area contributed by atoms with E-state index in [1.165, 1.54) is 5.41 Å². The van der Waals surface area contributed by atoms with E-state index in [1.54, 1.807) is 0 Å². The smallest absolute Gasteiger partial charge is 0.313 e. The van der Waals surface area contributed by atoms with Crippen LogP contribution in [-0.2, 0) is 4.79 Å². The van der Waals surface area contributed by atoms with E-state index in [0.29, 0.717) is 0 Å². The number of aliphatic carboxylic acids is 1. The molecule has 5 heteroatoms. The first-order valence-corrected chi connectivity index (χ1v) is 3.88. The number of carbonyl (C=O) groups is 1. The van der Waals surface area contributed by atoms with Crippen LogP contribution < -0.4 is 0 Å². The molecule has 0 aromatic heterocycles. The molecule has 0 aliphatic carbocycles. The maximum absolute atomic E-state index is 9.91. The Balaban J connectivity index is 3.43. The zero-order chi connectivity index (χ0) is 7.98. The summed E-state index contributed by atoms with van der Waals surface area (Å²) < 4.78 is 0. The number of aliphatic hydroxyl groups excluding tert-OH is 1. The summed E-state index contributed by atoms with van der Waals surface area (Å²) in [5.41, 5.74) is 0. The van der Waals surface area contributed by atoms with Crippen LogP contribution in [0.25, 0.3) is 0 Å². The molecule has 0 atom stereocenters. The minimum atomic E-state index is -0.899. The van der Waals surface area contributed by atoms with Gasteiger partial charge in [0.15, 0.2) is 0 Å². The molecule has 0 aromatic rings. The van der Waals surface area contributed by atoms with Crippen LogP contribution in [0.15, 0.2) is 10.4 Å². The van der Waals surface area contributed by atoms with Gasteiger partial charge < -0.3 is 10.2 Å². The Hall–Kier alpha value is -0.190. The molecule has 0 aliphatic rings. The molecule has 0 aromatic carbocycles. The van der Waals surface area contributed by atoms with Crippen molar-refractivity contribution in [2.45, 2.75) is 0 Å². The molecule has 0 amide bonds. The number of hydrogen-bond acceptors (Lipinski definition) is 3. The lowest BCUT2D eigenvalue weighted by atomic mass is 10.7. The third kappa shape index (κ3) is 5.94. The van der Waals surface area contributed by atoms with Crippen molar-refractivity contribution in [1.29, 1.82) is 0 Å². The van der Waals surface area contributed by atoms with Crippen molar-refractivity contribution in [2.24, 2.45) is 0 Å². The van der Waals surface area contributed by atoms with Gasteiger partial charge in [-0.3, -0.25) is 4.79 Å². The molecule has 0 spiro atoms. The van der Waals surface area contributed by atoms with Gasteiger partial charge in [0.2, 0.25) is 0 Å². The quantitative estimate of drug-likeness (QED) is 0.678. The summed E-state index contributed by atoms with van der Waals surface area (Å²) in [6.45, 7) is -0.242. The molecule has 3 nitrogen and oxygen atoms in total. The molecule has 0 unspecified atom stereocenters. The average molecular weight is 183 g/mol. The summed E-state index contributed by atoms with van der Waals surface area (Å²) in [4.78, 5) is 9.91. The highest BCUT2D eigenvalue weighted by Crippen LogP contribution is 2.09. The van der Waals surface area contributed by atoms with Gasteiger partial charge in [0, 0.05) is 5.03 Å². The molecule has 0 aliphatic heterocycles. The highest BCUT2D eigenvalue weighted by Gasteiger charge is 1.94. The van der Waals surface area contributed by atoms with E-state index in [4.69, 9.17) is 21.8 Å². The van der Waals surface area contributed by atoms with Gasteiger partial charge in [-0.05, 0) is 5.41 Å². The molecular weight excluding hydrogens is 176 g/mol. The predicted octanol–water partition coefficient (Wildman–Crippen LogP) is 0.877. The SMILES string of the molecule is O=C(O)CS/C=C(\Cl)CO. The molecule has 0 saturated heterocycles. The second-order valence-corrected chi connectivity index (χ2v) is 2.77. The van der Waals surface area contributed by atoms with Crippen LogP contribution in [0.3, 0.4) is 0 Å². The fourth-order valence-electron chi connectivity index (χ4n) is 0.241. The first kappa shape index (κ1) is 9.81. The van der Waals surface area contributed by atoms with E-state index in [2.05, 4.69) is 0 Å². The molecule has 0 heterocycles. The van der Waals surface area contributed by atoms with Gasteiger partial charge in [0.25, 0.3) is 0 Å². The standard InChI is InChI=1S/C5H7ClO3S/c6-4(1-7)2-10-3-5(8)9/h2,7H,1,3H2,(H,8,9)/b4-2-. The lowest BCUT2D eigenvalue weighted by Crippen LogP contribution is -1.96. The van der Waals surface area contributed by atoms with Gasteiger partial charge in [0.05, 0.1) is 12.4 Å². The molecule has 10 heavy (non-hydrogen) atoms. The van der Waals surface area contributed by atoms with Gasteiger partial charge in [-0.2, -0.15) is 0 Å². The number of rotatable bonds is 4. The van der Waals surface area contributed by atoms with Gasteiger partial charge in [-0.15, -0.1) is 11.8 Å². The van der Waals surface area contributed by atoms with E-state index in [9.17, 15) is 4.79 Å². The van der Waals surface area contributed by atoms with Crippen molar-refractivity contribution < 1.29 is 15.0 Å². The maximum Gasteiger partial charge on any atom is 0.313 e. The van der Waals surface area contributed by atoms with E-state index in [0.717, 1.165) is 11.8 Å². The fraction of sp³-hybridized carbons (Fsp3) is 0.400. The van der Waals surface area contributed by atoms with Gasteiger partial charge >= 0.3 is 5.97 Å². The molecule has 0 bridgehead atoms. The third-order valence-corrected chi connectivity index (χ3v) is 1.79. The van der Waals surface area contributed by atoms with Crippen molar-refractivity contribution in [3.05, 3.63) is 10.4 Å². The van der Waals surface area contributed by atoms with Crippen molar-refractivity contribution >= 4 is 29.3 Å². The number of thioether (sulfide) groups is 1. The second-order valence-electron chi connectivity index (χ2n) is 1.43. The number of carboxylic acid groups (broad SMARTS) is 1. The largest absolute Gasteiger partial charge is 0.481 e. The molecule has 0 rings (SSSR count). The Morgan fingerprint density at radius 3 is 2.70 bits per heavy atom. The Labute approximate surface area is 67.7 Å². The van der Waals surface area contributed by atoms with Gasteiger partial charge in [0.1, 0.15) is 0 Å². The van der Waals surface area contributed by atoms with Crippen LogP contribution >= 0.6 is 23.4 Å². The Bertz CT molecular complexity index is 146. The summed E-state index contributed by atoms with van der Waals surface area (Å²) in [7, 11) is 0. The minimum Gasteiger partial charge on any atom is -0.481 e. The van der Waals surface area contributed by atoms with Crippen LogP contribution in [0.1, 0.15) is 0 Å². The number of hydrogen-bond donors (Lipinski definition) is 2. The Kier molecular flexibility index (Phi) is 5.48. The van der Waals surface area contributed by atoms with Crippen molar-refractivity contribution in [3.63, 3.8) is 0 Å². The van der Waals surface area contributed by atoms with Crippen molar-refractivity contribution in [2.75, 3.05) is 12.4 Å². The monoisotopic (exact) mass is 182 g/mol. The van der Waals surface area contributed by atoms with E-state index < -0.39 is 5.97 Å². The molecule has 0 fully saturated rings. The number of aliphatic hydroxyl groups is 1. The van der Waals surface area contributed by atoms with E-state index in [-0.39, 0.29) is 17.4 Å². The van der Waals surface area contributed by atoms with Gasteiger partial charge in [-0.1, -0.05) is 11.6 Å². The van der Waals surface area contributed by atoms with Crippen molar-refractivity contribution in [3.8, 4) is 0 Å². The lowest BCUT2D eigenvalue weighted by molar-refractivity contribution is -0.133. The van der Waals surface area contributed by atoms with Crippen LogP contribution in [-0.4, -0.2) is 28.5 Å². The Morgan fingerprint density at radius 1 is 1.70 bits per heavy atom. The molecule has 0 radical (unpaired) electrons. The first-order valence-electron chi connectivity index (χ1n) is 2.45. The summed E-state index contributed by atoms with van der Waals surface area (Å²) in [6, 6.07) is 0. The zero-order valence-corrected chi connectivity index (χ0v) is 6.65. The topological polar surface area (TPSA) is 57.5 Å². The Morgan fingerprint density at radius 2 is 2.30 bits per heavy atom. The lowest BCUT2D eigenvalue weighted by Gasteiger charge is -1.90. The van der Waals surface area contributed by atoms with Crippen molar-refractivity contribution in [1.82, 2.24) is 0 Å². The zero-order valence-electron chi connectivity index (χ0n) is 5.08. The second kappa shape index (κ2) is 5.58. The molecule has 58 valence electrons. The highest BCUT2D eigenvalue weighted by molar-refractivity contribution is 8.02. The normalized spacial score (nSPS) is 11.6. The van der Waals surface area contributed by atoms with E-state index in [1.807, 2.05) is 0 Å². The fourth-order valence-corrected chi connectivity index (χ4v) is 0.911. The van der Waals surface area contributed by atoms with Crippen LogP contribution in [0, 0.1) is 0 Å². The number of halogens is 1. The summed E-state index contributed by atoms with van der Waals surface area (Å²) in [6.07, 6.45) is 0. The summed E-state index contributed by atoms with van der Waals surface area (Å²) in [5, 5.41) is 18.2. The third-order valence-electron chi connectivity index (χ3n) is 0.569. The first-order chi connectivity index (χ1) is 4.66. The average Bonchev–Trinajstić information content (AvgIpc) is 1.87.